The van der Waals surface area contributed by atoms with Crippen LogP contribution in [0.4, 0.5) is 34.1 Å². The summed E-state index contributed by atoms with van der Waals surface area (Å²) in [5, 5.41) is 1.15. The Bertz CT molecular complexity index is 1910. The van der Waals surface area contributed by atoms with Crippen LogP contribution in [0.15, 0.2) is 182 Å². The number of nitrogens with zero attached hydrogens (tertiary/aromatic N) is 2. The monoisotopic (exact) mass is 632 g/mol. The molecule has 0 saturated carbocycles. The molecule has 0 aliphatic rings. The van der Waals surface area contributed by atoms with Crippen LogP contribution < -0.4 is 9.80 Å². The standard InChI is InChI=1S/C42H30Cl2N2/c43-39-30-42(46(36-23-11-4-12-24-36)38-26-14-20-34(28-38)32-17-7-2-8-18-32)40(44)29-41(39)45(35-21-9-3-10-22-35)37-25-13-19-33(27-37)31-15-5-1-6-16-31/h1-30H. The zero-order chi connectivity index (χ0) is 31.3. The molecule has 0 aliphatic heterocycles. The van der Waals surface area contributed by atoms with Gasteiger partial charge in [-0.15, -0.1) is 0 Å². The van der Waals surface area contributed by atoms with Crippen molar-refractivity contribution < 1.29 is 0 Å². The van der Waals surface area contributed by atoms with Crippen molar-refractivity contribution in [3.63, 3.8) is 0 Å². The first-order chi connectivity index (χ1) is 22.7. The Kier molecular flexibility index (Phi) is 8.56. The zero-order valence-electron chi connectivity index (χ0n) is 25.0. The van der Waals surface area contributed by atoms with Crippen LogP contribution in [0.25, 0.3) is 22.3 Å². The summed E-state index contributed by atoms with van der Waals surface area (Å²) in [6.07, 6.45) is 0. The summed E-state index contributed by atoms with van der Waals surface area (Å²) in [5.74, 6) is 0. The second-order valence-corrected chi connectivity index (χ2v) is 11.7. The second kappa shape index (κ2) is 13.4. The molecule has 0 aromatic heterocycles. The highest BCUT2D eigenvalue weighted by molar-refractivity contribution is 6.38. The molecule has 0 aliphatic carbocycles. The van der Waals surface area contributed by atoms with Crippen LogP contribution in [0.2, 0.25) is 10.0 Å². The molecule has 0 spiro atoms. The molecule has 7 aromatic carbocycles. The normalized spacial score (nSPS) is 10.8. The highest BCUT2D eigenvalue weighted by Crippen LogP contribution is 2.47. The van der Waals surface area contributed by atoms with Crippen molar-refractivity contribution in [1.82, 2.24) is 0 Å². The van der Waals surface area contributed by atoms with E-state index in [1.54, 1.807) is 0 Å². The van der Waals surface area contributed by atoms with Gasteiger partial charge in [-0.3, -0.25) is 0 Å². The van der Waals surface area contributed by atoms with Crippen molar-refractivity contribution in [2.75, 3.05) is 9.80 Å². The van der Waals surface area contributed by atoms with Gasteiger partial charge in [-0.2, -0.15) is 0 Å². The smallest absolute Gasteiger partial charge is 0.0668 e. The number of rotatable bonds is 8. The number of hydrogen-bond acceptors (Lipinski definition) is 2. The van der Waals surface area contributed by atoms with Crippen molar-refractivity contribution >= 4 is 57.3 Å². The molecular formula is C42H30Cl2N2. The molecule has 0 heterocycles. The minimum Gasteiger partial charge on any atom is -0.309 e. The van der Waals surface area contributed by atoms with Crippen LogP contribution in [0, 0.1) is 0 Å². The van der Waals surface area contributed by atoms with Crippen molar-refractivity contribution in [1.29, 1.82) is 0 Å². The number of halogens is 2. The van der Waals surface area contributed by atoms with E-state index in [1.807, 2.05) is 60.7 Å². The fraction of sp³-hybridized carbons (Fsp3) is 0. The largest absolute Gasteiger partial charge is 0.309 e. The lowest BCUT2D eigenvalue weighted by molar-refractivity contribution is 1.26. The summed E-state index contributed by atoms with van der Waals surface area (Å²) in [7, 11) is 0. The van der Waals surface area contributed by atoms with E-state index in [2.05, 4.69) is 131 Å². The quantitative estimate of drug-likeness (QED) is 0.164. The van der Waals surface area contributed by atoms with E-state index in [4.69, 9.17) is 23.2 Å². The zero-order valence-corrected chi connectivity index (χ0v) is 26.5. The molecule has 46 heavy (non-hydrogen) atoms. The van der Waals surface area contributed by atoms with E-state index < -0.39 is 0 Å². The van der Waals surface area contributed by atoms with Crippen LogP contribution >= 0.6 is 23.2 Å². The maximum absolute atomic E-state index is 7.27. The third-order valence-corrected chi connectivity index (χ3v) is 8.56. The summed E-state index contributed by atoms with van der Waals surface area (Å²) in [6.45, 7) is 0. The van der Waals surface area contributed by atoms with Gasteiger partial charge in [0.15, 0.2) is 0 Å². The average Bonchev–Trinajstić information content (AvgIpc) is 3.12. The Hall–Kier alpha value is -5.28. The number of para-hydroxylation sites is 2. The van der Waals surface area contributed by atoms with E-state index in [1.165, 1.54) is 0 Å². The lowest BCUT2D eigenvalue weighted by Gasteiger charge is -2.30. The van der Waals surface area contributed by atoms with Gasteiger partial charge >= 0.3 is 0 Å². The predicted octanol–water partition coefficient (Wildman–Crippen LogP) is 13.3. The molecular weight excluding hydrogens is 603 g/mol. The summed E-state index contributed by atoms with van der Waals surface area (Å²) in [4.78, 5) is 4.32. The highest BCUT2D eigenvalue weighted by Gasteiger charge is 2.22. The molecule has 0 radical (unpaired) electrons. The van der Waals surface area contributed by atoms with Gasteiger partial charge in [-0.05, 0) is 82.9 Å². The third-order valence-electron chi connectivity index (χ3n) is 7.95. The second-order valence-electron chi connectivity index (χ2n) is 10.9. The molecule has 4 heteroatoms. The first kappa shape index (κ1) is 29.4. The van der Waals surface area contributed by atoms with Gasteiger partial charge in [0.1, 0.15) is 0 Å². The summed E-state index contributed by atoms with van der Waals surface area (Å²) in [6, 6.07) is 62.2. The molecule has 0 amide bonds. The van der Waals surface area contributed by atoms with Gasteiger partial charge in [0, 0.05) is 22.7 Å². The Morgan fingerprint density at radius 1 is 0.283 bits per heavy atom. The van der Waals surface area contributed by atoms with Crippen LogP contribution in [-0.4, -0.2) is 0 Å². The lowest BCUT2D eigenvalue weighted by Crippen LogP contribution is -2.13. The molecule has 0 N–H and O–H groups in total. The average molecular weight is 634 g/mol. The maximum Gasteiger partial charge on any atom is 0.0668 e. The number of anilines is 6. The van der Waals surface area contributed by atoms with Crippen molar-refractivity contribution in [3.05, 3.63) is 192 Å². The molecule has 0 unspecified atom stereocenters. The molecule has 0 bridgehead atoms. The molecule has 222 valence electrons. The minimum absolute atomic E-state index is 0.577. The summed E-state index contributed by atoms with van der Waals surface area (Å²) in [5.41, 5.74) is 10.0. The van der Waals surface area contributed by atoms with E-state index in [-0.39, 0.29) is 0 Å². The molecule has 7 aromatic rings. The van der Waals surface area contributed by atoms with E-state index >= 15 is 0 Å². The predicted molar refractivity (Wildman–Crippen MR) is 197 cm³/mol. The minimum atomic E-state index is 0.577. The van der Waals surface area contributed by atoms with Crippen LogP contribution in [0.3, 0.4) is 0 Å². The topological polar surface area (TPSA) is 6.48 Å². The molecule has 7 rings (SSSR count). The van der Waals surface area contributed by atoms with Crippen LogP contribution in [0.5, 0.6) is 0 Å². The fourth-order valence-corrected chi connectivity index (χ4v) is 6.27. The van der Waals surface area contributed by atoms with Crippen LogP contribution in [-0.2, 0) is 0 Å². The first-order valence-electron chi connectivity index (χ1n) is 15.2. The van der Waals surface area contributed by atoms with Crippen molar-refractivity contribution in [3.8, 4) is 22.3 Å². The van der Waals surface area contributed by atoms with Crippen molar-refractivity contribution in [2.45, 2.75) is 0 Å². The maximum atomic E-state index is 7.27. The number of benzene rings is 7. The summed E-state index contributed by atoms with van der Waals surface area (Å²) >= 11 is 14.5. The van der Waals surface area contributed by atoms with Crippen molar-refractivity contribution in [2.24, 2.45) is 0 Å². The Morgan fingerprint density at radius 3 is 0.957 bits per heavy atom. The van der Waals surface area contributed by atoms with E-state index in [0.717, 1.165) is 56.4 Å². The number of hydrogen-bond donors (Lipinski definition) is 0. The molecule has 2 nitrogen and oxygen atoms in total. The first-order valence-corrected chi connectivity index (χ1v) is 15.9. The summed E-state index contributed by atoms with van der Waals surface area (Å²) < 4.78 is 0. The van der Waals surface area contributed by atoms with Gasteiger partial charge < -0.3 is 9.80 Å². The Labute approximate surface area is 280 Å². The van der Waals surface area contributed by atoms with Crippen LogP contribution in [0.1, 0.15) is 0 Å². The van der Waals surface area contributed by atoms with Gasteiger partial charge in [-0.25, -0.2) is 0 Å². The highest BCUT2D eigenvalue weighted by atomic mass is 35.5. The molecule has 0 fully saturated rings. The van der Waals surface area contributed by atoms with E-state index in [9.17, 15) is 0 Å². The van der Waals surface area contributed by atoms with Gasteiger partial charge in [0.05, 0.1) is 21.4 Å². The van der Waals surface area contributed by atoms with E-state index in [0.29, 0.717) is 10.0 Å². The SMILES string of the molecule is Clc1cc(N(c2ccccc2)c2cccc(-c3ccccc3)c2)c(Cl)cc1N(c1ccccc1)c1cccc(-c2ccccc2)c1. The molecule has 0 saturated heterocycles. The third kappa shape index (κ3) is 6.14. The Balaban J connectivity index is 1.36. The fourth-order valence-electron chi connectivity index (χ4n) is 5.79. The lowest BCUT2D eigenvalue weighted by atomic mass is 10.0. The Morgan fingerprint density at radius 2 is 0.587 bits per heavy atom. The van der Waals surface area contributed by atoms with Gasteiger partial charge in [0.2, 0.25) is 0 Å². The van der Waals surface area contributed by atoms with Gasteiger partial charge in [0.25, 0.3) is 0 Å². The van der Waals surface area contributed by atoms with Gasteiger partial charge in [-0.1, -0.05) is 145 Å². The molecule has 0 atom stereocenters.